The van der Waals surface area contributed by atoms with Crippen LogP contribution in [0, 0.1) is 0 Å². The van der Waals surface area contributed by atoms with Crippen molar-refractivity contribution in [2.24, 2.45) is 0 Å². The highest BCUT2D eigenvalue weighted by molar-refractivity contribution is 7.80. The van der Waals surface area contributed by atoms with Crippen LogP contribution in [0.1, 0.15) is 25.3 Å². The number of halogens is 1. The van der Waals surface area contributed by atoms with Gasteiger partial charge in [-0.05, 0) is 30.3 Å². The molecule has 0 aliphatic rings. The van der Waals surface area contributed by atoms with Gasteiger partial charge in [0.05, 0.1) is 6.54 Å². The van der Waals surface area contributed by atoms with E-state index in [-0.39, 0.29) is 0 Å². The Hall–Kier alpha value is -1.59. The van der Waals surface area contributed by atoms with Crippen molar-refractivity contribution in [1.29, 1.82) is 0 Å². The highest BCUT2D eigenvalue weighted by Crippen LogP contribution is 2.16. The van der Waals surface area contributed by atoms with Crippen LogP contribution in [0.25, 0.3) is 0 Å². The Bertz CT molecular complexity index is 597. The monoisotopic (exact) mass is 322 g/mol. The SMILES string of the molecule is CCCCNC(=S)Nc1ccn(Cc2ccccc2Cl)n1. The van der Waals surface area contributed by atoms with Gasteiger partial charge < -0.3 is 10.6 Å². The largest absolute Gasteiger partial charge is 0.362 e. The molecule has 2 N–H and O–H groups in total. The first-order valence-corrected chi connectivity index (χ1v) is 7.79. The predicted molar refractivity (Wildman–Crippen MR) is 91.9 cm³/mol. The van der Waals surface area contributed by atoms with Crippen molar-refractivity contribution in [3.63, 3.8) is 0 Å². The standard InChI is InChI=1S/C15H19ClN4S/c1-2-3-9-17-15(21)18-14-8-10-20(19-14)11-12-6-4-5-7-13(12)16/h4-8,10H,2-3,9,11H2,1H3,(H2,17,18,19,21). The molecule has 0 saturated carbocycles. The zero-order valence-corrected chi connectivity index (χ0v) is 13.5. The maximum absolute atomic E-state index is 6.15. The number of anilines is 1. The van der Waals surface area contributed by atoms with Crippen LogP contribution in [0.15, 0.2) is 36.5 Å². The summed E-state index contributed by atoms with van der Waals surface area (Å²) in [5, 5.41) is 12.0. The second-order valence-electron chi connectivity index (χ2n) is 4.72. The summed E-state index contributed by atoms with van der Waals surface area (Å²) in [5.41, 5.74) is 1.04. The lowest BCUT2D eigenvalue weighted by Gasteiger charge is -2.07. The number of benzene rings is 1. The van der Waals surface area contributed by atoms with Gasteiger partial charge in [0.25, 0.3) is 0 Å². The zero-order chi connectivity index (χ0) is 15.1. The lowest BCUT2D eigenvalue weighted by molar-refractivity contribution is 0.690. The minimum atomic E-state index is 0.603. The molecule has 6 heteroatoms. The van der Waals surface area contributed by atoms with Gasteiger partial charge in [-0.1, -0.05) is 43.1 Å². The topological polar surface area (TPSA) is 41.9 Å². The summed E-state index contributed by atoms with van der Waals surface area (Å²) in [4.78, 5) is 0. The summed E-state index contributed by atoms with van der Waals surface area (Å²) in [5.74, 6) is 0.732. The third-order valence-corrected chi connectivity index (χ3v) is 3.60. The van der Waals surface area contributed by atoms with Crippen LogP contribution < -0.4 is 10.6 Å². The van der Waals surface area contributed by atoms with E-state index >= 15 is 0 Å². The van der Waals surface area contributed by atoms with Crippen LogP contribution in [0.2, 0.25) is 5.02 Å². The van der Waals surface area contributed by atoms with Crippen LogP contribution in [0.4, 0.5) is 5.82 Å². The van der Waals surface area contributed by atoms with Crippen LogP contribution >= 0.6 is 23.8 Å². The number of thiocarbonyl (C=S) groups is 1. The van der Waals surface area contributed by atoms with Gasteiger partial charge in [-0.2, -0.15) is 5.10 Å². The van der Waals surface area contributed by atoms with Gasteiger partial charge in [-0.3, -0.25) is 4.68 Å². The average molecular weight is 323 g/mol. The third kappa shape index (κ3) is 5.02. The minimum Gasteiger partial charge on any atom is -0.362 e. The third-order valence-electron chi connectivity index (χ3n) is 2.99. The first-order chi connectivity index (χ1) is 10.2. The maximum Gasteiger partial charge on any atom is 0.171 e. The van der Waals surface area contributed by atoms with Crippen LogP contribution in [-0.2, 0) is 6.54 Å². The van der Waals surface area contributed by atoms with E-state index in [9.17, 15) is 0 Å². The van der Waals surface area contributed by atoms with Gasteiger partial charge in [0.15, 0.2) is 10.9 Å². The highest BCUT2D eigenvalue weighted by Gasteiger charge is 2.04. The smallest absolute Gasteiger partial charge is 0.171 e. The average Bonchev–Trinajstić information content (AvgIpc) is 2.89. The molecule has 4 nitrogen and oxygen atoms in total. The second-order valence-corrected chi connectivity index (χ2v) is 5.54. The van der Waals surface area contributed by atoms with Gasteiger partial charge in [0, 0.05) is 23.8 Å². The summed E-state index contributed by atoms with van der Waals surface area (Å²) in [6.45, 7) is 3.66. The van der Waals surface area contributed by atoms with Crippen molar-refractivity contribution in [3.05, 3.63) is 47.1 Å². The molecule has 0 aliphatic carbocycles. The van der Waals surface area contributed by atoms with E-state index in [2.05, 4.69) is 22.7 Å². The molecule has 2 rings (SSSR count). The molecule has 0 amide bonds. The molecule has 0 atom stereocenters. The van der Waals surface area contributed by atoms with Crippen molar-refractivity contribution < 1.29 is 0 Å². The van der Waals surface area contributed by atoms with Crippen LogP contribution in [-0.4, -0.2) is 21.4 Å². The summed E-state index contributed by atoms with van der Waals surface area (Å²) >= 11 is 11.4. The molecule has 0 unspecified atom stereocenters. The highest BCUT2D eigenvalue weighted by atomic mass is 35.5. The number of nitrogens with one attached hydrogen (secondary N) is 2. The maximum atomic E-state index is 6.15. The molecule has 2 aromatic rings. The van der Waals surface area contributed by atoms with E-state index in [4.69, 9.17) is 23.8 Å². The molecule has 0 aliphatic heterocycles. The van der Waals surface area contributed by atoms with Gasteiger partial charge in [-0.15, -0.1) is 0 Å². The van der Waals surface area contributed by atoms with Gasteiger partial charge in [0.2, 0.25) is 0 Å². The van der Waals surface area contributed by atoms with E-state index < -0.39 is 0 Å². The summed E-state index contributed by atoms with van der Waals surface area (Å²) in [7, 11) is 0. The van der Waals surface area contributed by atoms with Crippen molar-refractivity contribution in [1.82, 2.24) is 15.1 Å². The first kappa shape index (κ1) is 15.8. The first-order valence-electron chi connectivity index (χ1n) is 7.00. The van der Waals surface area contributed by atoms with Gasteiger partial charge in [0.1, 0.15) is 0 Å². The predicted octanol–water partition coefficient (Wildman–Crippen LogP) is 3.67. The molecule has 0 fully saturated rings. The Kier molecular flexibility index (Phi) is 6.02. The van der Waals surface area contributed by atoms with Crippen LogP contribution in [0.5, 0.6) is 0 Å². The molecule has 0 spiro atoms. The molecular weight excluding hydrogens is 304 g/mol. The van der Waals surface area contributed by atoms with E-state index in [0.29, 0.717) is 11.7 Å². The Morgan fingerprint density at radius 2 is 2.14 bits per heavy atom. The molecule has 0 saturated heterocycles. The summed E-state index contributed by atoms with van der Waals surface area (Å²) in [6.07, 6.45) is 4.14. The van der Waals surface area contributed by atoms with E-state index in [1.165, 1.54) is 0 Å². The normalized spacial score (nSPS) is 10.4. The van der Waals surface area contributed by atoms with Crippen molar-refractivity contribution in [2.45, 2.75) is 26.3 Å². The molecule has 112 valence electrons. The van der Waals surface area contributed by atoms with Crippen molar-refractivity contribution in [2.75, 3.05) is 11.9 Å². The number of rotatable bonds is 6. The number of unbranched alkanes of at least 4 members (excludes halogenated alkanes) is 1. The number of nitrogens with zero attached hydrogens (tertiary/aromatic N) is 2. The second kappa shape index (κ2) is 8.00. The van der Waals surface area contributed by atoms with Gasteiger partial charge >= 0.3 is 0 Å². The van der Waals surface area contributed by atoms with Crippen LogP contribution in [0.3, 0.4) is 0 Å². The number of aromatic nitrogens is 2. The van der Waals surface area contributed by atoms with E-state index in [1.54, 1.807) is 0 Å². The summed E-state index contributed by atoms with van der Waals surface area (Å²) in [6, 6.07) is 9.66. The fourth-order valence-electron chi connectivity index (χ4n) is 1.86. The number of hydrogen-bond acceptors (Lipinski definition) is 2. The van der Waals surface area contributed by atoms with E-state index in [0.717, 1.165) is 35.8 Å². The zero-order valence-electron chi connectivity index (χ0n) is 12.0. The molecule has 1 heterocycles. The molecule has 0 radical (unpaired) electrons. The van der Waals surface area contributed by atoms with Crippen molar-refractivity contribution >= 4 is 34.7 Å². The molecule has 0 bridgehead atoms. The fraction of sp³-hybridized carbons (Fsp3) is 0.333. The lowest BCUT2D eigenvalue weighted by Crippen LogP contribution is -2.29. The lowest BCUT2D eigenvalue weighted by atomic mass is 10.2. The molecule has 21 heavy (non-hydrogen) atoms. The summed E-state index contributed by atoms with van der Waals surface area (Å²) < 4.78 is 1.83. The number of hydrogen-bond donors (Lipinski definition) is 2. The Labute approximate surface area is 135 Å². The Balaban J connectivity index is 1.89. The Morgan fingerprint density at radius 1 is 1.33 bits per heavy atom. The van der Waals surface area contributed by atoms with Crippen molar-refractivity contribution in [3.8, 4) is 0 Å². The quantitative estimate of drug-likeness (QED) is 0.629. The fourth-order valence-corrected chi connectivity index (χ4v) is 2.26. The van der Waals surface area contributed by atoms with E-state index in [1.807, 2.05) is 41.2 Å². The molecule has 1 aromatic carbocycles. The van der Waals surface area contributed by atoms with Gasteiger partial charge in [-0.25, -0.2) is 0 Å². The molecular formula is C15H19ClN4S. The molecule has 1 aromatic heterocycles. The minimum absolute atomic E-state index is 0.603. The Morgan fingerprint density at radius 3 is 2.90 bits per heavy atom.